The van der Waals surface area contributed by atoms with Crippen molar-refractivity contribution < 1.29 is 4.79 Å². The predicted octanol–water partition coefficient (Wildman–Crippen LogP) is 2.96. The molecule has 0 spiro atoms. The van der Waals surface area contributed by atoms with Crippen LogP contribution < -0.4 is 5.32 Å². The first-order valence-corrected chi connectivity index (χ1v) is 7.86. The first-order valence-electron chi connectivity index (χ1n) is 7.86. The molecule has 1 aromatic carbocycles. The van der Waals surface area contributed by atoms with Crippen LogP contribution in [-0.4, -0.2) is 33.1 Å². The quantitative estimate of drug-likeness (QED) is 0.947. The minimum absolute atomic E-state index is 0.0348. The Labute approximate surface area is 131 Å². The SMILES string of the molecule is C[C@H]1CCCCN1C(=O)NCc1ccccc1-n1ccnc1. The van der Waals surface area contributed by atoms with Crippen molar-refractivity contribution in [1.82, 2.24) is 19.8 Å². The van der Waals surface area contributed by atoms with E-state index in [-0.39, 0.29) is 6.03 Å². The molecule has 0 aliphatic carbocycles. The molecule has 2 amide bonds. The van der Waals surface area contributed by atoms with Gasteiger partial charge in [-0.25, -0.2) is 9.78 Å². The maximum absolute atomic E-state index is 12.4. The first kappa shape index (κ1) is 14.6. The third-order valence-electron chi connectivity index (χ3n) is 4.27. The first-order chi connectivity index (χ1) is 10.8. The number of likely N-dealkylation sites (tertiary alicyclic amines) is 1. The normalized spacial score (nSPS) is 18.2. The van der Waals surface area contributed by atoms with E-state index in [2.05, 4.69) is 17.2 Å². The predicted molar refractivity (Wildman–Crippen MR) is 85.8 cm³/mol. The fourth-order valence-corrected chi connectivity index (χ4v) is 2.99. The van der Waals surface area contributed by atoms with Gasteiger partial charge in [0.1, 0.15) is 0 Å². The van der Waals surface area contributed by atoms with Crippen LogP contribution in [0, 0.1) is 0 Å². The summed E-state index contributed by atoms with van der Waals surface area (Å²) in [5, 5.41) is 3.05. The molecule has 2 aromatic rings. The summed E-state index contributed by atoms with van der Waals surface area (Å²) in [5.41, 5.74) is 2.13. The molecule has 1 saturated heterocycles. The van der Waals surface area contributed by atoms with E-state index >= 15 is 0 Å². The van der Waals surface area contributed by atoms with Gasteiger partial charge in [-0.05, 0) is 37.8 Å². The Bertz CT molecular complexity index is 623. The van der Waals surface area contributed by atoms with Crippen LogP contribution in [0.5, 0.6) is 0 Å². The smallest absolute Gasteiger partial charge is 0.317 e. The second-order valence-corrected chi connectivity index (χ2v) is 5.80. The number of urea groups is 1. The maximum atomic E-state index is 12.4. The van der Waals surface area contributed by atoms with Gasteiger partial charge >= 0.3 is 6.03 Å². The zero-order chi connectivity index (χ0) is 15.4. The number of hydrogen-bond donors (Lipinski definition) is 1. The van der Waals surface area contributed by atoms with Crippen molar-refractivity contribution >= 4 is 6.03 Å². The topological polar surface area (TPSA) is 50.2 Å². The van der Waals surface area contributed by atoms with E-state index in [0.29, 0.717) is 12.6 Å². The van der Waals surface area contributed by atoms with Gasteiger partial charge in [0, 0.05) is 31.5 Å². The molecule has 1 fully saturated rings. The summed E-state index contributed by atoms with van der Waals surface area (Å²) in [7, 11) is 0. The highest BCUT2D eigenvalue weighted by Gasteiger charge is 2.22. The van der Waals surface area contributed by atoms with E-state index in [9.17, 15) is 4.79 Å². The van der Waals surface area contributed by atoms with Gasteiger partial charge in [-0.3, -0.25) is 0 Å². The van der Waals surface area contributed by atoms with Gasteiger partial charge in [0.15, 0.2) is 0 Å². The number of nitrogens with one attached hydrogen (secondary N) is 1. The van der Waals surface area contributed by atoms with Crippen molar-refractivity contribution in [3.8, 4) is 5.69 Å². The average molecular weight is 298 g/mol. The third kappa shape index (κ3) is 3.13. The molecule has 1 aliphatic rings. The van der Waals surface area contributed by atoms with E-state index < -0.39 is 0 Å². The number of carbonyl (C=O) groups excluding carboxylic acids is 1. The molecule has 116 valence electrons. The fraction of sp³-hybridized carbons (Fsp3) is 0.412. The van der Waals surface area contributed by atoms with Gasteiger partial charge < -0.3 is 14.8 Å². The summed E-state index contributed by atoms with van der Waals surface area (Å²) < 4.78 is 1.96. The van der Waals surface area contributed by atoms with Crippen LogP contribution >= 0.6 is 0 Å². The Hall–Kier alpha value is -2.30. The van der Waals surface area contributed by atoms with Crippen LogP contribution in [0.3, 0.4) is 0 Å². The van der Waals surface area contributed by atoms with Crippen LogP contribution in [0.4, 0.5) is 4.79 Å². The molecule has 0 saturated carbocycles. The number of amides is 2. The van der Waals surface area contributed by atoms with Crippen molar-refractivity contribution in [1.29, 1.82) is 0 Å². The minimum Gasteiger partial charge on any atom is -0.334 e. The second kappa shape index (κ2) is 6.64. The number of aromatic nitrogens is 2. The number of hydrogen-bond acceptors (Lipinski definition) is 2. The largest absolute Gasteiger partial charge is 0.334 e. The molecule has 1 aromatic heterocycles. The number of rotatable bonds is 3. The van der Waals surface area contributed by atoms with Crippen molar-refractivity contribution in [2.24, 2.45) is 0 Å². The van der Waals surface area contributed by atoms with Crippen LogP contribution in [0.15, 0.2) is 43.0 Å². The summed E-state index contributed by atoms with van der Waals surface area (Å²) in [5.74, 6) is 0. The Morgan fingerprint density at radius 1 is 1.36 bits per heavy atom. The van der Waals surface area contributed by atoms with Crippen LogP contribution in [0.1, 0.15) is 31.7 Å². The molecule has 3 rings (SSSR count). The monoisotopic (exact) mass is 298 g/mol. The maximum Gasteiger partial charge on any atom is 0.317 e. The molecule has 2 heterocycles. The van der Waals surface area contributed by atoms with Crippen molar-refractivity contribution in [3.63, 3.8) is 0 Å². The van der Waals surface area contributed by atoms with Crippen molar-refractivity contribution in [2.75, 3.05) is 6.54 Å². The summed E-state index contributed by atoms with van der Waals surface area (Å²) in [4.78, 5) is 18.4. The van der Waals surface area contributed by atoms with Crippen molar-refractivity contribution in [3.05, 3.63) is 48.5 Å². The van der Waals surface area contributed by atoms with Gasteiger partial charge in [0.05, 0.1) is 12.0 Å². The van der Waals surface area contributed by atoms with Gasteiger partial charge in [-0.15, -0.1) is 0 Å². The lowest BCUT2D eigenvalue weighted by molar-refractivity contribution is 0.158. The number of nitrogens with zero attached hydrogens (tertiary/aromatic N) is 3. The Balaban J connectivity index is 1.68. The average Bonchev–Trinajstić information content (AvgIpc) is 3.07. The summed E-state index contributed by atoms with van der Waals surface area (Å²) >= 11 is 0. The molecular weight excluding hydrogens is 276 g/mol. The zero-order valence-corrected chi connectivity index (χ0v) is 12.9. The lowest BCUT2D eigenvalue weighted by Gasteiger charge is -2.33. The molecule has 1 atom stereocenters. The van der Waals surface area contributed by atoms with E-state index in [1.54, 1.807) is 12.5 Å². The highest BCUT2D eigenvalue weighted by atomic mass is 16.2. The minimum atomic E-state index is 0.0348. The molecule has 0 bridgehead atoms. The van der Waals surface area contributed by atoms with E-state index in [1.165, 1.54) is 6.42 Å². The molecule has 5 heteroatoms. The highest BCUT2D eigenvalue weighted by molar-refractivity contribution is 5.74. The number of para-hydroxylation sites is 1. The molecule has 0 radical (unpaired) electrons. The van der Waals surface area contributed by atoms with Gasteiger partial charge in [-0.2, -0.15) is 0 Å². The highest BCUT2D eigenvalue weighted by Crippen LogP contribution is 2.17. The summed E-state index contributed by atoms with van der Waals surface area (Å²) in [6.45, 7) is 3.50. The van der Waals surface area contributed by atoms with Crippen LogP contribution in [0.2, 0.25) is 0 Å². The number of carbonyl (C=O) groups is 1. The summed E-state index contributed by atoms with van der Waals surface area (Å²) in [6, 6.07) is 8.42. The lowest BCUT2D eigenvalue weighted by atomic mass is 10.0. The third-order valence-corrected chi connectivity index (χ3v) is 4.27. The number of imidazole rings is 1. The number of piperidine rings is 1. The molecule has 0 unspecified atom stereocenters. The Kier molecular flexibility index (Phi) is 4.42. The van der Waals surface area contributed by atoms with Crippen LogP contribution in [-0.2, 0) is 6.54 Å². The van der Waals surface area contributed by atoms with Gasteiger partial charge in [-0.1, -0.05) is 18.2 Å². The second-order valence-electron chi connectivity index (χ2n) is 5.80. The van der Waals surface area contributed by atoms with Gasteiger partial charge in [0.25, 0.3) is 0 Å². The molecule has 22 heavy (non-hydrogen) atoms. The Morgan fingerprint density at radius 3 is 3.00 bits per heavy atom. The number of benzene rings is 1. The Morgan fingerprint density at radius 2 is 2.23 bits per heavy atom. The molecule has 1 N–H and O–H groups in total. The van der Waals surface area contributed by atoms with E-state index in [1.807, 2.05) is 39.9 Å². The molecular formula is C17H22N4O. The molecule has 5 nitrogen and oxygen atoms in total. The summed E-state index contributed by atoms with van der Waals surface area (Å²) in [6.07, 6.45) is 8.85. The fourth-order valence-electron chi connectivity index (χ4n) is 2.99. The van der Waals surface area contributed by atoms with E-state index in [4.69, 9.17) is 0 Å². The van der Waals surface area contributed by atoms with Crippen LogP contribution in [0.25, 0.3) is 5.69 Å². The standard InChI is InChI=1S/C17H22N4O/c1-14-6-4-5-10-21(14)17(22)19-12-15-7-2-3-8-16(15)20-11-9-18-13-20/h2-3,7-9,11,13-14H,4-6,10,12H2,1H3,(H,19,22)/t14-/m0/s1. The molecule has 1 aliphatic heterocycles. The van der Waals surface area contributed by atoms with E-state index in [0.717, 1.165) is 30.6 Å². The van der Waals surface area contributed by atoms with Crippen molar-refractivity contribution in [2.45, 2.75) is 38.8 Å². The van der Waals surface area contributed by atoms with Gasteiger partial charge in [0.2, 0.25) is 0 Å². The lowest BCUT2D eigenvalue weighted by Crippen LogP contribution is -2.47. The zero-order valence-electron chi connectivity index (χ0n) is 12.9.